The molecule has 1 heterocycles. The van der Waals surface area contributed by atoms with Gasteiger partial charge in [-0.3, -0.25) is 0 Å². The molecule has 120 valence electrons. The lowest BCUT2D eigenvalue weighted by Gasteiger charge is -2.37. The van der Waals surface area contributed by atoms with Crippen molar-refractivity contribution in [3.63, 3.8) is 0 Å². The summed E-state index contributed by atoms with van der Waals surface area (Å²) in [6, 6.07) is 0. The third-order valence-electron chi connectivity index (χ3n) is 4.92. The first-order chi connectivity index (χ1) is 9.51. The van der Waals surface area contributed by atoms with E-state index in [-0.39, 0.29) is 0 Å². The van der Waals surface area contributed by atoms with Crippen molar-refractivity contribution in [3.8, 4) is 0 Å². The number of rotatable bonds is 8. The second-order valence-corrected chi connectivity index (χ2v) is 7.16. The van der Waals surface area contributed by atoms with Gasteiger partial charge >= 0.3 is 0 Å². The predicted octanol–water partition coefficient (Wildman–Crippen LogP) is 2.68. The Kier molecular flexibility index (Phi) is 8.08. The molecule has 0 radical (unpaired) electrons. The van der Waals surface area contributed by atoms with Crippen LogP contribution in [0.5, 0.6) is 0 Å². The van der Waals surface area contributed by atoms with Gasteiger partial charge in [0.1, 0.15) is 0 Å². The van der Waals surface area contributed by atoms with Crippen LogP contribution in [0.25, 0.3) is 0 Å². The molecule has 0 bridgehead atoms. The summed E-state index contributed by atoms with van der Waals surface area (Å²) in [6.45, 7) is 17.9. The van der Waals surface area contributed by atoms with Crippen LogP contribution in [0.1, 0.15) is 47.0 Å². The summed E-state index contributed by atoms with van der Waals surface area (Å²) in [5.74, 6) is 0.744. The lowest BCUT2D eigenvalue weighted by molar-refractivity contribution is 0.136. The van der Waals surface area contributed by atoms with E-state index in [2.05, 4.69) is 49.9 Å². The lowest BCUT2D eigenvalue weighted by Crippen LogP contribution is -2.45. The molecule has 0 aliphatic carbocycles. The van der Waals surface area contributed by atoms with Crippen molar-refractivity contribution in [2.45, 2.75) is 47.0 Å². The molecule has 0 unspecified atom stereocenters. The Morgan fingerprint density at radius 3 is 2.35 bits per heavy atom. The maximum atomic E-state index is 3.70. The van der Waals surface area contributed by atoms with Crippen LogP contribution in [-0.2, 0) is 0 Å². The molecule has 0 aromatic rings. The first-order valence-electron chi connectivity index (χ1n) is 8.63. The minimum atomic E-state index is 0.456. The number of hydrogen-bond donors (Lipinski definition) is 1. The fourth-order valence-corrected chi connectivity index (χ4v) is 3.14. The van der Waals surface area contributed by atoms with Crippen LogP contribution in [-0.4, -0.2) is 62.7 Å². The summed E-state index contributed by atoms with van der Waals surface area (Å²) < 4.78 is 0. The second-order valence-electron chi connectivity index (χ2n) is 7.16. The molecule has 1 fully saturated rings. The normalized spacial score (nSPS) is 19.5. The summed E-state index contributed by atoms with van der Waals surface area (Å²) >= 11 is 0. The fraction of sp³-hybridized carbons (Fsp3) is 1.00. The molecule has 0 aromatic heterocycles. The molecular weight excluding hydrogens is 246 g/mol. The molecule has 1 saturated heterocycles. The number of likely N-dealkylation sites (N-methyl/N-ethyl adjacent to an activating group) is 1. The number of hydrogen-bond acceptors (Lipinski definition) is 3. The van der Waals surface area contributed by atoms with E-state index in [1.165, 1.54) is 58.5 Å². The van der Waals surface area contributed by atoms with Crippen LogP contribution in [0, 0.1) is 11.3 Å². The van der Waals surface area contributed by atoms with Crippen LogP contribution >= 0.6 is 0 Å². The van der Waals surface area contributed by atoms with E-state index < -0.39 is 0 Å². The van der Waals surface area contributed by atoms with E-state index in [0.717, 1.165) is 12.5 Å². The van der Waals surface area contributed by atoms with E-state index in [1.807, 2.05) is 0 Å². The maximum Gasteiger partial charge on any atom is 0.0109 e. The van der Waals surface area contributed by atoms with Crippen molar-refractivity contribution in [2.24, 2.45) is 11.3 Å². The van der Waals surface area contributed by atoms with Gasteiger partial charge < -0.3 is 15.1 Å². The van der Waals surface area contributed by atoms with Gasteiger partial charge in [-0.2, -0.15) is 0 Å². The molecule has 0 amide bonds. The van der Waals surface area contributed by atoms with E-state index >= 15 is 0 Å². The Morgan fingerprint density at radius 1 is 1.05 bits per heavy atom. The second kappa shape index (κ2) is 9.01. The molecule has 1 N–H and O–H groups in total. The zero-order chi connectivity index (χ0) is 15.0. The lowest BCUT2D eigenvalue weighted by atomic mass is 9.81. The molecule has 0 spiro atoms. The highest BCUT2D eigenvalue weighted by molar-refractivity contribution is 4.84. The summed E-state index contributed by atoms with van der Waals surface area (Å²) in [4.78, 5) is 5.17. The van der Waals surface area contributed by atoms with Gasteiger partial charge in [0.2, 0.25) is 0 Å². The highest BCUT2D eigenvalue weighted by Crippen LogP contribution is 2.27. The summed E-state index contributed by atoms with van der Waals surface area (Å²) in [5.41, 5.74) is 0.456. The average molecular weight is 284 g/mol. The van der Waals surface area contributed by atoms with Crippen molar-refractivity contribution in [1.82, 2.24) is 15.1 Å². The Hall–Kier alpha value is -0.120. The predicted molar refractivity (Wildman–Crippen MR) is 89.3 cm³/mol. The molecule has 0 aromatic carbocycles. The maximum absolute atomic E-state index is 3.70. The van der Waals surface area contributed by atoms with Gasteiger partial charge in [0.05, 0.1) is 0 Å². The molecule has 1 aliphatic rings. The van der Waals surface area contributed by atoms with Crippen LogP contribution in [0.2, 0.25) is 0 Å². The van der Waals surface area contributed by atoms with Gasteiger partial charge in [-0.05, 0) is 57.3 Å². The number of nitrogens with zero attached hydrogens (tertiary/aromatic N) is 2. The van der Waals surface area contributed by atoms with Crippen molar-refractivity contribution < 1.29 is 0 Å². The van der Waals surface area contributed by atoms with E-state index in [1.54, 1.807) is 0 Å². The Bertz CT molecular complexity index is 249. The van der Waals surface area contributed by atoms with E-state index in [4.69, 9.17) is 0 Å². The number of nitrogens with one attached hydrogen (secondary N) is 1. The smallest absolute Gasteiger partial charge is 0.0109 e. The molecule has 20 heavy (non-hydrogen) atoms. The van der Waals surface area contributed by atoms with E-state index in [9.17, 15) is 0 Å². The molecule has 3 heteroatoms. The molecule has 1 rings (SSSR count). The van der Waals surface area contributed by atoms with Gasteiger partial charge in [0.25, 0.3) is 0 Å². The standard InChI is InChI=1S/C17H37N3/c1-6-17(7-2,14-18-13-16(3)4)15-20-10-8-9-19(5)11-12-20/h16,18H,6-15H2,1-5H3. The topological polar surface area (TPSA) is 18.5 Å². The van der Waals surface area contributed by atoms with Gasteiger partial charge in [0, 0.05) is 26.2 Å². The highest BCUT2D eigenvalue weighted by Gasteiger charge is 2.29. The highest BCUT2D eigenvalue weighted by atomic mass is 15.2. The van der Waals surface area contributed by atoms with Crippen molar-refractivity contribution in [3.05, 3.63) is 0 Å². The Balaban J connectivity index is 2.51. The first kappa shape index (κ1) is 17.9. The minimum absolute atomic E-state index is 0.456. The van der Waals surface area contributed by atoms with Crippen molar-refractivity contribution in [2.75, 3.05) is 52.9 Å². The zero-order valence-corrected chi connectivity index (χ0v) is 14.5. The molecule has 0 saturated carbocycles. The third kappa shape index (κ3) is 6.11. The molecule has 3 nitrogen and oxygen atoms in total. The average Bonchev–Trinajstić information content (AvgIpc) is 2.62. The van der Waals surface area contributed by atoms with E-state index in [0.29, 0.717) is 5.41 Å². The summed E-state index contributed by atoms with van der Waals surface area (Å²) in [5, 5.41) is 3.70. The molecular formula is C17H37N3. The van der Waals surface area contributed by atoms with Gasteiger partial charge in [-0.25, -0.2) is 0 Å². The largest absolute Gasteiger partial charge is 0.316 e. The van der Waals surface area contributed by atoms with Crippen molar-refractivity contribution >= 4 is 0 Å². The fourth-order valence-electron chi connectivity index (χ4n) is 3.14. The summed E-state index contributed by atoms with van der Waals surface area (Å²) in [7, 11) is 2.25. The van der Waals surface area contributed by atoms with Gasteiger partial charge in [-0.15, -0.1) is 0 Å². The van der Waals surface area contributed by atoms with Crippen molar-refractivity contribution in [1.29, 1.82) is 0 Å². The Morgan fingerprint density at radius 2 is 1.75 bits per heavy atom. The Labute approximate surface area is 127 Å². The minimum Gasteiger partial charge on any atom is -0.316 e. The van der Waals surface area contributed by atoms with Gasteiger partial charge in [0.15, 0.2) is 0 Å². The zero-order valence-electron chi connectivity index (χ0n) is 14.5. The SMILES string of the molecule is CCC(CC)(CNCC(C)C)CN1CCCN(C)CC1. The quantitative estimate of drug-likeness (QED) is 0.739. The first-order valence-corrected chi connectivity index (χ1v) is 8.63. The molecule has 0 atom stereocenters. The summed E-state index contributed by atoms with van der Waals surface area (Å²) in [6.07, 6.45) is 3.88. The van der Waals surface area contributed by atoms with Crippen LogP contribution in [0.15, 0.2) is 0 Å². The molecule has 1 aliphatic heterocycles. The van der Waals surface area contributed by atoms with Crippen LogP contribution < -0.4 is 5.32 Å². The van der Waals surface area contributed by atoms with Gasteiger partial charge in [-0.1, -0.05) is 27.7 Å². The van der Waals surface area contributed by atoms with Crippen LogP contribution in [0.4, 0.5) is 0 Å². The van der Waals surface area contributed by atoms with Crippen LogP contribution in [0.3, 0.4) is 0 Å². The monoisotopic (exact) mass is 283 g/mol. The third-order valence-corrected chi connectivity index (χ3v) is 4.92.